The number of carbonyl (C=O) groups excluding carboxylic acids is 1. The van der Waals surface area contributed by atoms with Gasteiger partial charge in [-0.3, -0.25) is 4.79 Å². The second-order valence-corrected chi connectivity index (χ2v) is 7.37. The number of rotatable bonds is 5. The van der Waals surface area contributed by atoms with Gasteiger partial charge < -0.3 is 5.32 Å². The van der Waals surface area contributed by atoms with E-state index >= 15 is 0 Å². The average Bonchev–Trinajstić information content (AvgIpc) is 3.04. The topological polar surface area (TPSA) is 59.8 Å². The van der Waals surface area contributed by atoms with Crippen molar-refractivity contribution < 1.29 is 4.79 Å². The van der Waals surface area contributed by atoms with Crippen LogP contribution >= 0.6 is 11.8 Å². The number of nitrogens with zero attached hydrogens (tertiary/aromatic N) is 3. The Bertz CT molecular complexity index is 651. The highest BCUT2D eigenvalue weighted by atomic mass is 32.2. The van der Waals surface area contributed by atoms with E-state index in [1.807, 2.05) is 24.8 Å². The lowest BCUT2D eigenvalue weighted by Crippen LogP contribution is -2.19. The molecule has 0 spiro atoms. The lowest BCUT2D eigenvalue weighted by molar-refractivity contribution is -0.116. The van der Waals surface area contributed by atoms with Gasteiger partial charge in [0.2, 0.25) is 5.91 Å². The Labute approximate surface area is 140 Å². The molecule has 1 aliphatic carbocycles. The summed E-state index contributed by atoms with van der Waals surface area (Å²) in [6.45, 7) is 2.22. The third-order valence-electron chi connectivity index (χ3n) is 4.10. The van der Waals surface area contributed by atoms with Crippen LogP contribution in [-0.2, 0) is 11.3 Å². The number of hydrogen-bond donors (Lipinski definition) is 1. The second-order valence-electron chi connectivity index (χ2n) is 6.00. The van der Waals surface area contributed by atoms with Crippen LogP contribution in [0.15, 0.2) is 35.7 Å². The van der Waals surface area contributed by atoms with Crippen molar-refractivity contribution in [3.63, 3.8) is 0 Å². The molecule has 1 fully saturated rings. The molecule has 122 valence electrons. The molecule has 2 aromatic rings. The SMILES string of the molecule is Cc1cc(SC2CCCCC2)ccc1NC(=O)Cn1cncn1. The van der Waals surface area contributed by atoms with E-state index in [0.29, 0.717) is 0 Å². The highest BCUT2D eigenvalue weighted by Gasteiger charge is 2.15. The maximum Gasteiger partial charge on any atom is 0.246 e. The molecule has 0 bridgehead atoms. The summed E-state index contributed by atoms with van der Waals surface area (Å²) in [7, 11) is 0. The molecule has 23 heavy (non-hydrogen) atoms. The summed E-state index contributed by atoms with van der Waals surface area (Å²) in [5, 5.41) is 7.63. The zero-order chi connectivity index (χ0) is 16.1. The molecule has 1 saturated carbocycles. The van der Waals surface area contributed by atoms with Gasteiger partial charge in [-0.1, -0.05) is 19.3 Å². The Morgan fingerprint density at radius 3 is 2.87 bits per heavy atom. The zero-order valence-electron chi connectivity index (χ0n) is 13.4. The highest BCUT2D eigenvalue weighted by Crippen LogP contribution is 2.34. The number of anilines is 1. The van der Waals surface area contributed by atoms with Crippen molar-refractivity contribution in [2.24, 2.45) is 0 Å². The number of amides is 1. The first kappa shape index (κ1) is 16.1. The minimum atomic E-state index is -0.0914. The fourth-order valence-corrected chi connectivity index (χ4v) is 4.22. The van der Waals surface area contributed by atoms with Crippen molar-refractivity contribution >= 4 is 23.4 Å². The van der Waals surface area contributed by atoms with Gasteiger partial charge in [-0.2, -0.15) is 5.10 Å². The fraction of sp³-hybridized carbons (Fsp3) is 0.471. The summed E-state index contributed by atoms with van der Waals surface area (Å²) in [5.41, 5.74) is 1.96. The molecule has 0 radical (unpaired) electrons. The van der Waals surface area contributed by atoms with Crippen LogP contribution < -0.4 is 5.32 Å². The number of benzene rings is 1. The zero-order valence-corrected chi connectivity index (χ0v) is 14.2. The fourth-order valence-electron chi connectivity index (χ4n) is 2.88. The monoisotopic (exact) mass is 330 g/mol. The molecule has 5 nitrogen and oxygen atoms in total. The predicted molar refractivity (Wildman–Crippen MR) is 92.6 cm³/mol. The van der Waals surface area contributed by atoms with Gasteiger partial charge >= 0.3 is 0 Å². The third-order valence-corrected chi connectivity index (χ3v) is 5.43. The van der Waals surface area contributed by atoms with Gasteiger partial charge in [0, 0.05) is 15.8 Å². The highest BCUT2D eigenvalue weighted by molar-refractivity contribution is 8.00. The molecule has 0 unspecified atom stereocenters. The van der Waals surface area contributed by atoms with Crippen molar-refractivity contribution in [2.45, 2.75) is 55.7 Å². The minimum absolute atomic E-state index is 0.0914. The van der Waals surface area contributed by atoms with Crippen LogP contribution in [0.1, 0.15) is 37.7 Å². The smallest absolute Gasteiger partial charge is 0.246 e. The molecule has 0 saturated heterocycles. The number of aryl methyl sites for hydroxylation is 1. The molecule has 3 rings (SSSR count). The van der Waals surface area contributed by atoms with E-state index in [1.165, 1.54) is 54.3 Å². The van der Waals surface area contributed by atoms with Crippen molar-refractivity contribution in [3.05, 3.63) is 36.4 Å². The van der Waals surface area contributed by atoms with E-state index in [1.54, 1.807) is 0 Å². The van der Waals surface area contributed by atoms with E-state index in [4.69, 9.17) is 0 Å². The van der Waals surface area contributed by atoms with E-state index in [2.05, 4.69) is 27.5 Å². The summed E-state index contributed by atoms with van der Waals surface area (Å²) in [6, 6.07) is 6.28. The first-order chi connectivity index (χ1) is 11.2. The quantitative estimate of drug-likeness (QED) is 0.909. The summed E-state index contributed by atoms with van der Waals surface area (Å²) in [4.78, 5) is 17.2. The largest absolute Gasteiger partial charge is 0.324 e. The van der Waals surface area contributed by atoms with Crippen LogP contribution in [-0.4, -0.2) is 25.9 Å². The first-order valence-corrected chi connectivity index (χ1v) is 8.98. The Morgan fingerprint density at radius 2 is 2.17 bits per heavy atom. The van der Waals surface area contributed by atoms with Crippen molar-refractivity contribution in [3.8, 4) is 0 Å². The normalized spacial score (nSPS) is 15.5. The van der Waals surface area contributed by atoms with Crippen LogP contribution in [0.2, 0.25) is 0 Å². The number of aromatic nitrogens is 3. The minimum Gasteiger partial charge on any atom is -0.324 e. The van der Waals surface area contributed by atoms with Crippen LogP contribution in [0.5, 0.6) is 0 Å². The Balaban J connectivity index is 1.58. The van der Waals surface area contributed by atoms with E-state index in [0.717, 1.165) is 16.5 Å². The number of hydrogen-bond acceptors (Lipinski definition) is 4. The lowest BCUT2D eigenvalue weighted by Gasteiger charge is -2.21. The number of carbonyl (C=O) groups is 1. The van der Waals surface area contributed by atoms with E-state index < -0.39 is 0 Å². The van der Waals surface area contributed by atoms with Crippen LogP contribution in [0.25, 0.3) is 0 Å². The molecule has 1 N–H and O–H groups in total. The summed E-state index contributed by atoms with van der Waals surface area (Å²) in [6.07, 6.45) is 9.69. The summed E-state index contributed by atoms with van der Waals surface area (Å²) in [5.74, 6) is -0.0914. The molecule has 0 atom stereocenters. The maximum atomic E-state index is 12.0. The van der Waals surface area contributed by atoms with Crippen molar-refractivity contribution in [2.75, 3.05) is 5.32 Å². The maximum absolute atomic E-state index is 12.0. The van der Waals surface area contributed by atoms with Gasteiger partial charge in [0.15, 0.2) is 0 Å². The lowest BCUT2D eigenvalue weighted by atomic mass is 10.0. The van der Waals surface area contributed by atoms with Gasteiger partial charge in [-0.25, -0.2) is 9.67 Å². The Morgan fingerprint density at radius 1 is 1.35 bits per heavy atom. The molecule has 1 aromatic carbocycles. The summed E-state index contributed by atoms with van der Waals surface area (Å²) < 4.78 is 1.51. The molecular formula is C17H22N4OS. The number of nitrogens with one attached hydrogen (secondary N) is 1. The molecule has 0 aliphatic heterocycles. The predicted octanol–water partition coefficient (Wildman–Crippen LogP) is 3.65. The molecule has 1 amide bonds. The van der Waals surface area contributed by atoms with Crippen LogP contribution in [0.4, 0.5) is 5.69 Å². The van der Waals surface area contributed by atoms with Gasteiger partial charge in [0.25, 0.3) is 0 Å². The molecule has 1 aromatic heterocycles. The van der Waals surface area contributed by atoms with Gasteiger partial charge in [0.05, 0.1) is 0 Å². The summed E-state index contributed by atoms with van der Waals surface area (Å²) >= 11 is 1.97. The molecular weight excluding hydrogens is 308 g/mol. The van der Waals surface area contributed by atoms with Crippen molar-refractivity contribution in [1.29, 1.82) is 0 Å². The van der Waals surface area contributed by atoms with Crippen LogP contribution in [0.3, 0.4) is 0 Å². The van der Waals surface area contributed by atoms with E-state index in [9.17, 15) is 4.79 Å². The Hall–Kier alpha value is -1.82. The molecule has 1 heterocycles. The van der Waals surface area contributed by atoms with Crippen LogP contribution in [0, 0.1) is 6.92 Å². The van der Waals surface area contributed by atoms with Gasteiger partial charge in [0.1, 0.15) is 19.2 Å². The van der Waals surface area contributed by atoms with Gasteiger partial charge in [-0.05, 0) is 43.5 Å². The van der Waals surface area contributed by atoms with E-state index in [-0.39, 0.29) is 12.5 Å². The third kappa shape index (κ3) is 4.58. The first-order valence-electron chi connectivity index (χ1n) is 8.10. The van der Waals surface area contributed by atoms with Crippen molar-refractivity contribution in [1.82, 2.24) is 14.8 Å². The molecule has 1 aliphatic rings. The average molecular weight is 330 g/mol. The number of thioether (sulfide) groups is 1. The second kappa shape index (κ2) is 7.64. The van der Waals surface area contributed by atoms with Gasteiger partial charge in [-0.15, -0.1) is 11.8 Å². The standard InChI is InChI=1S/C17H22N4OS/c1-13-9-15(23-14-5-3-2-4-6-14)7-8-16(13)20-17(22)10-21-12-18-11-19-21/h7-9,11-12,14H,2-6,10H2,1H3,(H,20,22). The Kier molecular flexibility index (Phi) is 5.33. The molecule has 6 heteroatoms.